The summed E-state index contributed by atoms with van der Waals surface area (Å²) in [5.74, 6) is -0.275. The van der Waals surface area contributed by atoms with Crippen molar-refractivity contribution >= 4 is 16.7 Å². The number of para-hydroxylation sites is 2. The number of anilines is 1. The molecule has 2 N–H and O–H groups in total. The van der Waals surface area contributed by atoms with Gasteiger partial charge >= 0.3 is 12.4 Å². The first-order chi connectivity index (χ1) is 12.0. The highest BCUT2D eigenvalue weighted by atomic mass is 19.4. The van der Waals surface area contributed by atoms with Gasteiger partial charge in [0.05, 0.1) is 18.0 Å². The van der Waals surface area contributed by atoms with Crippen LogP contribution in [0.25, 0.3) is 16.6 Å². The minimum absolute atomic E-state index is 0.172. The Bertz CT molecular complexity index is 977. The number of nitrogens with two attached hydrogens (primary N) is 1. The van der Waals surface area contributed by atoms with Crippen LogP contribution in [-0.4, -0.2) is 21.9 Å². The first-order valence-corrected chi connectivity index (χ1v) is 7.01. The molecule has 0 unspecified atom stereocenters. The van der Waals surface area contributed by atoms with Crippen molar-refractivity contribution in [2.45, 2.75) is 12.4 Å². The van der Waals surface area contributed by atoms with E-state index in [0.717, 1.165) is 4.68 Å². The van der Waals surface area contributed by atoms with Gasteiger partial charge in [0.25, 0.3) is 0 Å². The fraction of sp³-hybridized carbons (Fsp3) is 0.200. The lowest BCUT2D eigenvalue weighted by Crippen LogP contribution is -2.15. The zero-order valence-electron chi connectivity index (χ0n) is 13.0. The van der Waals surface area contributed by atoms with Crippen LogP contribution in [0.5, 0.6) is 5.75 Å². The number of nitrogen functional groups attached to an aromatic ring is 1. The van der Waals surface area contributed by atoms with Crippen LogP contribution < -0.4 is 10.5 Å². The zero-order valence-corrected chi connectivity index (χ0v) is 13.0. The number of benzene rings is 1. The number of aromatic nitrogens is 3. The average molecular weight is 376 g/mol. The van der Waals surface area contributed by atoms with Gasteiger partial charge in [0, 0.05) is 0 Å². The molecule has 2 aromatic heterocycles. The number of hydrogen-bond donors (Lipinski definition) is 1. The summed E-state index contributed by atoms with van der Waals surface area (Å²) >= 11 is 0. The molecule has 0 fully saturated rings. The van der Waals surface area contributed by atoms with Crippen molar-refractivity contribution in [3.8, 4) is 11.4 Å². The number of rotatable bonds is 2. The van der Waals surface area contributed by atoms with Gasteiger partial charge in [-0.15, -0.1) is 0 Å². The maximum Gasteiger partial charge on any atom is 0.434 e. The Kier molecular flexibility index (Phi) is 3.97. The number of pyridine rings is 1. The predicted octanol–water partition coefficient (Wildman–Crippen LogP) is 4.05. The number of nitrogens with zero attached hydrogens (tertiary/aromatic N) is 3. The number of halogens is 6. The minimum atomic E-state index is -5.15. The maximum atomic E-state index is 13.3. The van der Waals surface area contributed by atoms with E-state index < -0.39 is 40.5 Å². The van der Waals surface area contributed by atoms with E-state index in [0.29, 0.717) is 6.07 Å². The van der Waals surface area contributed by atoms with Crippen molar-refractivity contribution in [3.63, 3.8) is 0 Å². The van der Waals surface area contributed by atoms with Gasteiger partial charge in [0.2, 0.25) is 0 Å². The molecule has 0 spiro atoms. The SMILES string of the molecule is COc1ccccc1-n1nc2cc(C(F)(F)F)nc(C(F)(F)F)c2c1N. The monoisotopic (exact) mass is 376 g/mol. The fourth-order valence-electron chi connectivity index (χ4n) is 2.47. The van der Waals surface area contributed by atoms with Crippen molar-refractivity contribution in [2.24, 2.45) is 0 Å². The van der Waals surface area contributed by atoms with Gasteiger partial charge in [0.1, 0.15) is 22.9 Å². The van der Waals surface area contributed by atoms with Gasteiger partial charge in [-0.25, -0.2) is 9.67 Å². The van der Waals surface area contributed by atoms with Gasteiger partial charge in [0.15, 0.2) is 5.69 Å². The van der Waals surface area contributed by atoms with Gasteiger partial charge in [-0.05, 0) is 18.2 Å². The molecule has 11 heteroatoms. The lowest BCUT2D eigenvalue weighted by Gasteiger charge is -2.12. The Morgan fingerprint density at radius 3 is 2.27 bits per heavy atom. The third kappa shape index (κ3) is 2.89. The van der Waals surface area contributed by atoms with E-state index in [2.05, 4.69) is 10.1 Å². The van der Waals surface area contributed by atoms with E-state index in [1.54, 1.807) is 12.1 Å². The molecule has 0 aliphatic rings. The summed E-state index contributed by atoms with van der Waals surface area (Å²) in [5, 5.41) is 3.10. The average Bonchev–Trinajstić information content (AvgIpc) is 2.89. The molecule has 2 heterocycles. The highest BCUT2D eigenvalue weighted by molar-refractivity contribution is 5.92. The molecule has 5 nitrogen and oxygen atoms in total. The molecule has 1 aromatic carbocycles. The van der Waals surface area contributed by atoms with E-state index in [-0.39, 0.29) is 11.4 Å². The number of fused-ring (bicyclic) bond motifs is 1. The van der Waals surface area contributed by atoms with Crippen molar-refractivity contribution < 1.29 is 31.1 Å². The molecule has 0 aliphatic carbocycles. The molecule has 3 aromatic rings. The Hall–Kier alpha value is -2.98. The van der Waals surface area contributed by atoms with Crippen LogP contribution in [0.3, 0.4) is 0 Å². The normalized spacial score (nSPS) is 12.6. The number of methoxy groups -OCH3 is 1. The standard InChI is InChI=1S/C15H10F6N4O/c1-26-9-5-3-2-4-8(9)25-13(22)11-7(24-25)6-10(14(16,17)18)23-12(11)15(19,20)21/h2-6H,22H2,1H3. The Morgan fingerprint density at radius 1 is 1.04 bits per heavy atom. The largest absolute Gasteiger partial charge is 0.494 e. The van der Waals surface area contributed by atoms with Crippen LogP contribution in [0.1, 0.15) is 11.4 Å². The van der Waals surface area contributed by atoms with E-state index in [4.69, 9.17) is 10.5 Å². The molecular formula is C15H10F6N4O. The Balaban J connectivity index is 2.38. The molecule has 0 bridgehead atoms. The number of ether oxygens (including phenoxy) is 1. The molecule has 26 heavy (non-hydrogen) atoms. The van der Waals surface area contributed by atoms with Gasteiger partial charge in [-0.3, -0.25) is 0 Å². The van der Waals surface area contributed by atoms with E-state index in [1.807, 2.05) is 0 Å². The predicted molar refractivity (Wildman–Crippen MR) is 79.8 cm³/mol. The van der Waals surface area contributed by atoms with E-state index in [1.165, 1.54) is 19.2 Å². The van der Waals surface area contributed by atoms with Crippen molar-refractivity contribution in [1.82, 2.24) is 14.8 Å². The van der Waals surface area contributed by atoms with Gasteiger partial charge in [-0.2, -0.15) is 31.4 Å². The van der Waals surface area contributed by atoms with E-state index in [9.17, 15) is 26.3 Å². The minimum Gasteiger partial charge on any atom is -0.494 e. The molecule has 0 radical (unpaired) electrons. The van der Waals surface area contributed by atoms with Crippen LogP contribution in [0.15, 0.2) is 30.3 Å². The van der Waals surface area contributed by atoms with Crippen molar-refractivity contribution in [3.05, 3.63) is 41.7 Å². The summed E-state index contributed by atoms with van der Waals surface area (Å²) in [4.78, 5) is 2.74. The van der Waals surface area contributed by atoms with Gasteiger partial charge < -0.3 is 10.5 Å². The number of hydrogen-bond acceptors (Lipinski definition) is 4. The summed E-state index contributed by atoms with van der Waals surface area (Å²) in [6.45, 7) is 0. The number of alkyl halides is 6. The molecule has 3 rings (SSSR count). The highest BCUT2D eigenvalue weighted by Gasteiger charge is 2.41. The summed E-state index contributed by atoms with van der Waals surface area (Å²) < 4.78 is 84.6. The Labute approximate surface area is 142 Å². The molecule has 138 valence electrons. The third-order valence-electron chi connectivity index (χ3n) is 3.56. The van der Waals surface area contributed by atoms with Crippen LogP contribution >= 0.6 is 0 Å². The highest BCUT2D eigenvalue weighted by Crippen LogP contribution is 2.40. The van der Waals surface area contributed by atoms with Crippen LogP contribution in [0.2, 0.25) is 0 Å². The Morgan fingerprint density at radius 2 is 1.69 bits per heavy atom. The van der Waals surface area contributed by atoms with Crippen LogP contribution in [-0.2, 0) is 12.4 Å². The molecule has 0 amide bonds. The fourth-order valence-corrected chi connectivity index (χ4v) is 2.47. The first-order valence-electron chi connectivity index (χ1n) is 7.01. The van der Waals surface area contributed by atoms with Crippen LogP contribution in [0.4, 0.5) is 32.2 Å². The first kappa shape index (κ1) is 17.8. The molecular weight excluding hydrogens is 366 g/mol. The van der Waals surface area contributed by atoms with E-state index >= 15 is 0 Å². The zero-order chi connectivity index (χ0) is 19.3. The quantitative estimate of drug-likeness (QED) is 0.686. The summed E-state index contributed by atoms with van der Waals surface area (Å²) in [6.07, 6.45) is -10.2. The summed E-state index contributed by atoms with van der Waals surface area (Å²) in [6, 6.07) is 6.53. The second-order valence-corrected chi connectivity index (χ2v) is 5.21. The third-order valence-corrected chi connectivity index (χ3v) is 3.56. The van der Waals surface area contributed by atoms with Crippen LogP contribution in [0, 0.1) is 0 Å². The van der Waals surface area contributed by atoms with Crippen molar-refractivity contribution in [2.75, 3.05) is 12.8 Å². The summed E-state index contributed by atoms with van der Waals surface area (Å²) in [7, 11) is 1.32. The molecule has 0 saturated carbocycles. The molecule has 0 aliphatic heterocycles. The van der Waals surface area contributed by atoms with Gasteiger partial charge in [-0.1, -0.05) is 12.1 Å². The molecule has 0 saturated heterocycles. The second kappa shape index (κ2) is 5.78. The lowest BCUT2D eigenvalue weighted by molar-refractivity contribution is -0.149. The smallest absolute Gasteiger partial charge is 0.434 e. The van der Waals surface area contributed by atoms with Crippen molar-refractivity contribution in [1.29, 1.82) is 0 Å². The molecule has 0 atom stereocenters. The maximum absolute atomic E-state index is 13.3. The topological polar surface area (TPSA) is 66.0 Å². The lowest BCUT2D eigenvalue weighted by atomic mass is 10.2. The second-order valence-electron chi connectivity index (χ2n) is 5.21. The summed E-state index contributed by atoms with van der Waals surface area (Å²) in [5.41, 5.74) is 1.91.